The Bertz CT molecular complexity index is 1430. The van der Waals surface area contributed by atoms with Gasteiger partial charge in [0.1, 0.15) is 6.61 Å². The average molecular weight is 663 g/mol. The fourth-order valence-electron chi connectivity index (χ4n) is 3.56. The summed E-state index contributed by atoms with van der Waals surface area (Å²) in [6.45, 7) is 2.72. The highest BCUT2D eigenvalue weighted by atomic mass is 127. The first kappa shape index (κ1) is 28.0. The van der Waals surface area contributed by atoms with Crippen LogP contribution in [0, 0.1) is 3.57 Å². The molecule has 1 heterocycles. The molecule has 10 heteroatoms. The van der Waals surface area contributed by atoms with Crippen molar-refractivity contribution in [3.05, 3.63) is 90.9 Å². The minimum Gasteiger partial charge on any atom is -0.490 e. The molecular formula is C28H24ClIN2O5S. The van der Waals surface area contributed by atoms with Crippen LogP contribution in [0.3, 0.4) is 0 Å². The maximum atomic E-state index is 13.0. The van der Waals surface area contributed by atoms with Crippen molar-refractivity contribution in [2.24, 2.45) is 4.99 Å². The van der Waals surface area contributed by atoms with Crippen LogP contribution in [-0.2, 0) is 16.1 Å². The number of aliphatic imine (C=N–C) groups is 1. The average Bonchev–Trinajstić information content (AvgIpc) is 3.16. The summed E-state index contributed by atoms with van der Waals surface area (Å²) in [6.07, 6.45) is 1.82. The number of halogens is 2. The molecule has 1 fully saturated rings. The Balaban J connectivity index is 1.56. The van der Waals surface area contributed by atoms with Crippen molar-refractivity contribution < 1.29 is 23.8 Å². The van der Waals surface area contributed by atoms with Gasteiger partial charge in [-0.3, -0.25) is 9.69 Å². The highest BCUT2D eigenvalue weighted by molar-refractivity contribution is 14.1. The van der Waals surface area contributed by atoms with Crippen LogP contribution in [0.15, 0.2) is 70.6 Å². The molecule has 1 amide bonds. The monoisotopic (exact) mass is 662 g/mol. The molecule has 196 valence electrons. The SMILES string of the molecule is CCOc1cc(C=C2SC(=Nc3ccc(C(=O)OC)cc3)N(C)C2=O)cc(I)c1OCc1cccc(Cl)c1. The van der Waals surface area contributed by atoms with Crippen LogP contribution in [0.5, 0.6) is 11.5 Å². The van der Waals surface area contributed by atoms with Crippen LogP contribution in [-0.4, -0.2) is 42.7 Å². The van der Waals surface area contributed by atoms with Gasteiger partial charge in [0.2, 0.25) is 0 Å². The standard InChI is InChI=1S/C28H24ClIN2O5S/c1-4-36-23-14-18(13-22(30)25(23)37-16-17-6-5-7-20(29)12-17)15-24-26(33)32(2)28(38-24)31-21-10-8-19(9-11-21)27(34)35-3/h5-15H,4,16H2,1-3H3. The molecule has 7 nitrogen and oxygen atoms in total. The second-order valence-corrected chi connectivity index (χ2v) is 10.7. The van der Waals surface area contributed by atoms with Crippen LogP contribution in [0.1, 0.15) is 28.4 Å². The summed E-state index contributed by atoms with van der Waals surface area (Å²) in [4.78, 5) is 31.2. The fourth-order valence-corrected chi connectivity index (χ4v) is 5.54. The summed E-state index contributed by atoms with van der Waals surface area (Å²) >= 11 is 9.58. The van der Waals surface area contributed by atoms with Crippen molar-refractivity contribution in [1.82, 2.24) is 4.90 Å². The third-order valence-electron chi connectivity index (χ3n) is 5.42. The van der Waals surface area contributed by atoms with E-state index in [1.54, 1.807) is 31.3 Å². The maximum absolute atomic E-state index is 13.0. The molecule has 0 aromatic heterocycles. The van der Waals surface area contributed by atoms with E-state index in [9.17, 15) is 9.59 Å². The van der Waals surface area contributed by atoms with Crippen molar-refractivity contribution in [3.8, 4) is 11.5 Å². The number of rotatable bonds is 8. The largest absolute Gasteiger partial charge is 0.490 e. The topological polar surface area (TPSA) is 77.4 Å². The van der Waals surface area contributed by atoms with Gasteiger partial charge in [0.25, 0.3) is 5.91 Å². The molecule has 3 aromatic carbocycles. The van der Waals surface area contributed by atoms with E-state index in [1.807, 2.05) is 49.4 Å². The summed E-state index contributed by atoms with van der Waals surface area (Å²) < 4.78 is 17.6. The van der Waals surface area contributed by atoms with E-state index >= 15 is 0 Å². The fraction of sp³-hybridized carbons (Fsp3) is 0.179. The van der Waals surface area contributed by atoms with E-state index in [4.69, 9.17) is 25.8 Å². The summed E-state index contributed by atoms with van der Waals surface area (Å²) in [5, 5.41) is 1.19. The first-order chi connectivity index (χ1) is 18.3. The van der Waals surface area contributed by atoms with Gasteiger partial charge in [0.15, 0.2) is 16.7 Å². The number of nitrogens with zero attached hydrogens (tertiary/aromatic N) is 2. The lowest BCUT2D eigenvalue weighted by Gasteiger charge is -2.15. The number of amides is 1. The molecule has 0 spiro atoms. The molecule has 1 aliphatic heterocycles. The van der Waals surface area contributed by atoms with Crippen molar-refractivity contribution in [1.29, 1.82) is 0 Å². The van der Waals surface area contributed by atoms with Crippen LogP contribution in [0.4, 0.5) is 5.69 Å². The third-order valence-corrected chi connectivity index (χ3v) is 7.51. The van der Waals surface area contributed by atoms with Crippen LogP contribution < -0.4 is 9.47 Å². The van der Waals surface area contributed by atoms with Gasteiger partial charge in [0.05, 0.1) is 33.4 Å². The maximum Gasteiger partial charge on any atom is 0.337 e. The summed E-state index contributed by atoms with van der Waals surface area (Å²) in [5.41, 5.74) is 2.81. The lowest BCUT2D eigenvalue weighted by atomic mass is 10.1. The highest BCUT2D eigenvalue weighted by Gasteiger charge is 2.30. The molecule has 38 heavy (non-hydrogen) atoms. The zero-order valence-corrected chi connectivity index (χ0v) is 24.6. The molecule has 0 aliphatic carbocycles. The third kappa shape index (κ3) is 6.69. The molecule has 0 N–H and O–H groups in total. The number of thioether (sulfide) groups is 1. The molecule has 3 aromatic rings. The first-order valence-electron chi connectivity index (χ1n) is 11.6. The van der Waals surface area contributed by atoms with Crippen molar-refractivity contribution in [2.75, 3.05) is 20.8 Å². The van der Waals surface area contributed by atoms with E-state index in [0.29, 0.717) is 51.1 Å². The van der Waals surface area contributed by atoms with Crippen LogP contribution >= 0.6 is 46.0 Å². The number of carbonyl (C=O) groups excluding carboxylic acids is 2. The lowest BCUT2D eigenvalue weighted by molar-refractivity contribution is -0.121. The van der Waals surface area contributed by atoms with Gasteiger partial charge < -0.3 is 14.2 Å². The van der Waals surface area contributed by atoms with Gasteiger partial charge in [-0.2, -0.15) is 0 Å². The van der Waals surface area contributed by atoms with Crippen LogP contribution in [0.2, 0.25) is 5.02 Å². The lowest BCUT2D eigenvalue weighted by Crippen LogP contribution is -2.23. The molecule has 4 rings (SSSR count). The normalized spacial score (nSPS) is 15.3. The van der Waals surface area contributed by atoms with Crippen molar-refractivity contribution >= 4 is 74.8 Å². The molecule has 0 saturated carbocycles. The number of amidine groups is 1. The van der Waals surface area contributed by atoms with E-state index in [-0.39, 0.29) is 5.91 Å². The summed E-state index contributed by atoms with van der Waals surface area (Å²) in [5.74, 6) is 0.652. The van der Waals surface area contributed by atoms with E-state index in [1.165, 1.54) is 23.8 Å². The number of likely N-dealkylation sites (N-methyl/N-ethyl adjacent to an activating group) is 1. The number of benzene rings is 3. The van der Waals surface area contributed by atoms with E-state index < -0.39 is 5.97 Å². The van der Waals surface area contributed by atoms with Gasteiger partial charge in [-0.25, -0.2) is 9.79 Å². The Morgan fingerprint density at radius 1 is 1.13 bits per heavy atom. The Morgan fingerprint density at radius 2 is 1.89 bits per heavy atom. The second-order valence-electron chi connectivity index (χ2n) is 8.09. The number of esters is 1. The predicted octanol–water partition coefficient (Wildman–Crippen LogP) is 6.94. The molecule has 1 saturated heterocycles. The van der Waals surface area contributed by atoms with Gasteiger partial charge >= 0.3 is 5.97 Å². The number of hydrogen-bond donors (Lipinski definition) is 0. The van der Waals surface area contributed by atoms with Crippen LogP contribution in [0.25, 0.3) is 6.08 Å². The molecule has 0 atom stereocenters. The predicted molar refractivity (Wildman–Crippen MR) is 159 cm³/mol. The zero-order chi connectivity index (χ0) is 27.2. The van der Waals surface area contributed by atoms with Gasteiger partial charge in [-0.1, -0.05) is 23.7 Å². The number of hydrogen-bond acceptors (Lipinski definition) is 7. The Hall–Kier alpha value is -3.02. The second kappa shape index (κ2) is 12.7. The summed E-state index contributed by atoms with van der Waals surface area (Å²) in [7, 11) is 3.01. The Kier molecular flexibility index (Phi) is 9.35. The zero-order valence-electron chi connectivity index (χ0n) is 20.9. The van der Waals surface area contributed by atoms with Gasteiger partial charge in [0, 0.05) is 12.1 Å². The number of methoxy groups -OCH3 is 1. The Labute approximate surface area is 244 Å². The smallest absolute Gasteiger partial charge is 0.337 e. The molecule has 0 bridgehead atoms. The summed E-state index contributed by atoms with van der Waals surface area (Å²) in [6, 6.07) is 18.0. The van der Waals surface area contributed by atoms with E-state index in [0.717, 1.165) is 14.7 Å². The first-order valence-corrected chi connectivity index (χ1v) is 13.8. The van der Waals surface area contributed by atoms with Gasteiger partial charge in [-0.15, -0.1) is 0 Å². The van der Waals surface area contributed by atoms with E-state index in [2.05, 4.69) is 27.6 Å². The quantitative estimate of drug-likeness (QED) is 0.148. The molecule has 1 aliphatic rings. The highest BCUT2D eigenvalue weighted by Crippen LogP contribution is 2.38. The molecule has 0 unspecified atom stereocenters. The minimum absolute atomic E-state index is 0.158. The number of ether oxygens (including phenoxy) is 3. The molecule has 0 radical (unpaired) electrons. The van der Waals surface area contributed by atoms with Crippen molar-refractivity contribution in [3.63, 3.8) is 0 Å². The molecular weight excluding hydrogens is 639 g/mol. The van der Waals surface area contributed by atoms with Gasteiger partial charge in [-0.05, 0) is 107 Å². The Morgan fingerprint density at radius 3 is 2.58 bits per heavy atom. The van der Waals surface area contributed by atoms with Crippen molar-refractivity contribution in [2.45, 2.75) is 13.5 Å². The minimum atomic E-state index is -0.418. The number of carbonyl (C=O) groups is 2.